The van der Waals surface area contributed by atoms with Gasteiger partial charge in [0.25, 0.3) is 5.56 Å². The van der Waals surface area contributed by atoms with Crippen LogP contribution in [0.2, 0.25) is 0 Å². The summed E-state index contributed by atoms with van der Waals surface area (Å²) in [5.41, 5.74) is 1.40. The molecular formula is C24H27N3O7S. The van der Waals surface area contributed by atoms with E-state index in [4.69, 9.17) is 28.4 Å². The average Bonchev–Trinajstić information content (AvgIpc) is 3.20. The lowest BCUT2D eigenvalue weighted by atomic mass is 10.1. The van der Waals surface area contributed by atoms with Crippen molar-refractivity contribution in [2.45, 2.75) is 6.67 Å². The summed E-state index contributed by atoms with van der Waals surface area (Å²) in [6.45, 7) is 0.706. The molecule has 10 nitrogen and oxygen atoms in total. The van der Waals surface area contributed by atoms with Gasteiger partial charge in [0.2, 0.25) is 11.5 Å². The van der Waals surface area contributed by atoms with Crippen LogP contribution in [0.3, 0.4) is 0 Å². The summed E-state index contributed by atoms with van der Waals surface area (Å²) in [6, 6.07) is 7.26. The van der Waals surface area contributed by atoms with Gasteiger partial charge in [0.05, 0.1) is 47.2 Å². The molecule has 11 heteroatoms. The molecule has 0 bridgehead atoms. The molecule has 3 aromatic rings. The molecule has 0 saturated carbocycles. The number of thiazole rings is 1. The van der Waals surface area contributed by atoms with Crippen LogP contribution in [0, 0.1) is 0 Å². The van der Waals surface area contributed by atoms with E-state index in [-0.39, 0.29) is 5.56 Å². The van der Waals surface area contributed by atoms with E-state index in [1.807, 2.05) is 17.0 Å². The predicted molar refractivity (Wildman–Crippen MR) is 132 cm³/mol. The van der Waals surface area contributed by atoms with Gasteiger partial charge in [0, 0.05) is 17.8 Å². The Morgan fingerprint density at radius 1 is 0.800 bits per heavy atom. The van der Waals surface area contributed by atoms with Gasteiger partial charge in [0.15, 0.2) is 27.8 Å². The lowest BCUT2D eigenvalue weighted by molar-refractivity contribution is 0.324. The smallest absolute Gasteiger partial charge is 0.271 e. The van der Waals surface area contributed by atoms with E-state index in [1.165, 1.54) is 11.3 Å². The number of benzene rings is 2. The fourth-order valence-electron chi connectivity index (χ4n) is 3.86. The molecule has 1 aliphatic rings. The second kappa shape index (κ2) is 10.2. The van der Waals surface area contributed by atoms with E-state index in [0.717, 1.165) is 11.3 Å². The summed E-state index contributed by atoms with van der Waals surface area (Å²) >= 11 is 1.33. The largest absolute Gasteiger partial charge is 0.493 e. The summed E-state index contributed by atoms with van der Waals surface area (Å²) in [6.07, 6.45) is 1.79. The van der Waals surface area contributed by atoms with Crippen molar-refractivity contribution in [1.82, 2.24) is 4.57 Å². The van der Waals surface area contributed by atoms with Crippen LogP contribution in [-0.2, 0) is 6.67 Å². The zero-order chi connectivity index (χ0) is 25.1. The van der Waals surface area contributed by atoms with Gasteiger partial charge in [-0.25, -0.2) is 4.99 Å². The maximum absolute atomic E-state index is 13.3. The SMILES string of the molecule is COc1cc(C=c2sc3n(c2=O)CN(c2cc(OC)c(OC)c(OC)c2)CN=3)cc(OC)c1OC. The number of ether oxygens (including phenoxy) is 6. The molecule has 1 aliphatic heterocycles. The molecule has 2 aromatic carbocycles. The minimum atomic E-state index is -0.139. The Bertz CT molecular complexity index is 1360. The zero-order valence-corrected chi connectivity index (χ0v) is 21.2. The van der Waals surface area contributed by atoms with Crippen molar-refractivity contribution in [3.8, 4) is 34.5 Å². The van der Waals surface area contributed by atoms with E-state index >= 15 is 0 Å². The Kier molecular flexibility index (Phi) is 7.06. The van der Waals surface area contributed by atoms with Gasteiger partial charge in [-0.3, -0.25) is 9.36 Å². The second-order valence-electron chi connectivity index (χ2n) is 7.45. The third-order valence-corrected chi connectivity index (χ3v) is 6.62. The fraction of sp³-hybridized carbons (Fsp3) is 0.333. The van der Waals surface area contributed by atoms with Crippen LogP contribution >= 0.6 is 11.3 Å². The van der Waals surface area contributed by atoms with Crippen LogP contribution in [-0.4, -0.2) is 53.9 Å². The molecule has 0 aliphatic carbocycles. The molecule has 0 radical (unpaired) electrons. The highest BCUT2D eigenvalue weighted by atomic mass is 32.1. The molecule has 0 spiro atoms. The van der Waals surface area contributed by atoms with E-state index in [0.29, 0.717) is 57.2 Å². The maximum Gasteiger partial charge on any atom is 0.271 e. The van der Waals surface area contributed by atoms with Crippen LogP contribution in [0.4, 0.5) is 5.69 Å². The van der Waals surface area contributed by atoms with Crippen molar-refractivity contribution in [2.24, 2.45) is 4.99 Å². The molecule has 35 heavy (non-hydrogen) atoms. The minimum Gasteiger partial charge on any atom is -0.493 e. The van der Waals surface area contributed by atoms with E-state index in [1.54, 1.807) is 65.4 Å². The number of fused-ring (bicyclic) bond motifs is 1. The molecule has 0 N–H and O–H groups in total. The normalized spacial score (nSPS) is 13.1. The Morgan fingerprint density at radius 2 is 1.31 bits per heavy atom. The molecule has 0 amide bonds. The maximum atomic E-state index is 13.3. The van der Waals surface area contributed by atoms with Gasteiger partial charge in [-0.1, -0.05) is 11.3 Å². The second-order valence-corrected chi connectivity index (χ2v) is 8.46. The molecule has 4 rings (SSSR count). The number of rotatable bonds is 8. The number of nitrogens with zero attached hydrogens (tertiary/aromatic N) is 3. The van der Waals surface area contributed by atoms with Crippen molar-refractivity contribution in [1.29, 1.82) is 0 Å². The highest BCUT2D eigenvalue weighted by Gasteiger charge is 2.21. The molecular weight excluding hydrogens is 474 g/mol. The summed E-state index contributed by atoms with van der Waals surface area (Å²) < 4.78 is 34.8. The molecule has 0 saturated heterocycles. The number of aromatic nitrogens is 1. The molecule has 1 aromatic heterocycles. The fourth-order valence-corrected chi connectivity index (χ4v) is 4.82. The monoisotopic (exact) mass is 501 g/mol. The zero-order valence-electron chi connectivity index (χ0n) is 20.4. The van der Waals surface area contributed by atoms with Crippen molar-refractivity contribution < 1.29 is 28.4 Å². The summed E-state index contributed by atoms with van der Waals surface area (Å²) in [4.78, 5) is 20.5. The van der Waals surface area contributed by atoms with Crippen molar-refractivity contribution in [2.75, 3.05) is 54.2 Å². The van der Waals surface area contributed by atoms with E-state index in [2.05, 4.69) is 4.99 Å². The Labute approximate surface area is 206 Å². The number of methoxy groups -OCH3 is 6. The van der Waals surface area contributed by atoms with E-state index < -0.39 is 0 Å². The standard InChI is InChI=1S/C24H27N3O7S/c1-29-16-7-14(8-17(30-2)21(16)33-5)9-20-23(28)27-13-26(12-25-24(27)35-20)15-10-18(31-3)22(34-6)19(11-15)32-4/h7-11H,12-13H2,1-6H3. The first kappa shape index (κ1) is 24.3. The third kappa shape index (κ3) is 4.46. The third-order valence-electron chi connectivity index (χ3n) is 5.58. The topological polar surface area (TPSA) is 93.0 Å². The van der Waals surface area contributed by atoms with Gasteiger partial charge >= 0.3 is 0 Å². The molecule has 0 unspecified atom stereocenters. The molecule has 2 heterocycles. The predicted octanol–water partition coefficient (Wildman–Crippen LogP) is 1.84. The van der Waals surface area contributed by atoms with Crippen LogP contribution in [0.25, 0.3) is 6.08 Å². The summed E-state index contributed by atoms with van der Waals surface area (Å²) in [5, 5.41) is 0. The Balaban J connectivity index is 1.73. The molecule has 0 fully saturated rings. The first-order valence-electron chi connectivity index (χ1n) is 10.6. The number of anilines is 1. The first-order chi connectivity index (χ1) is 17.0. The Hall–Kier alpha value is -3.86. The van der Waals surface area contributed by atoms with Crippen LogP contribution in [0.1, 0.15) is 5.56 Å². The first-order valence-corrected chi connectivity index (χ1v) is 11.4. The van der Waals surface area contributed by atoms with Gasteiger partial charge in [-0.2, -0.15) is 0 Å². The molecule has 0 atom stereocenters. The summed E-state index contributed by atoms with van der Waals surface area (Å²) in [7, 11) is 9.33. The van der Waals surface area contributed by atoms with Crippen molar-refractivity contribution in [3.63, 3.8) is 0 Å². The van der Waals surface area contributed by atoms with E-state index in [9.17, 15) is 4.79 Å². The lowest BCUT2D eigenvalue weighted by Gasteiger charge is -2.27. The van der Waals surface area contributed by atoms with Gasteiger partial charge < -0.3 is 33.3 Å². The van der Waals surface area contributed by atoms with Crippen LogP contribution in [0.5, 0.6) is 34.5 Å². The Morgan fingerprint density at radius 3 is 1.80 bits per heavy atom. The van der Waals surface area contributed by atoms with Gasteiger partial charge in [0.1, 0.15) is 13.3 Å². The number of hydrogen-bond acceptors (Lipinski definition) is 10. The average molecular weight is 502 g/mol. The minimum absolute atomic E-state index is 0.139. The van der Waals surface area contributed by atoms with Crippen LogP contribution < -0.4 is 48.2 Å². The van der Waals surface area contributed by atoms with Gasteiger partial charge in [-0.15, -0.1) is 0 Å². The quantitative estimate of drug-likeness (QED) is 0.462. The van der Waals surface area contributed by atoms with Crippen molar-refractivity contribution in [3.05, 3.63) is 49.5 Å². The van der Waals surface area contributed by atoms with Crippen molar-refractivity contribution >= 4 is 23.1 Å². The number of hydrogen-bond donors (Lipinski definition) is 0. The lowest BCUT2D eigenvalue weighted by Crippen LogP contribution is -2.42. The van der Waals surface area contributed by atoms with Gasteiger partial charge in [-0.05, 0) is 23.8 Å². The summed E-state index contributed by atoms with van der Waals surface area (Å²) in [5.74, 6) is 3.08. The van der Waals surface area contributed by atoms with Crippen LogP contribution in [0.15, 0.2) is 34.1 Å². The highest BCUT2D eigenvalue weighted by molar-refractivity contribution is 7.07. The highest BCUT2D eigenvalue weighted by Crippen LogP contribution is 2.41. The molecule has 186 valence electrons.